The van der Waals surface area contributed by atoms with Gasteiger partial charge in [-0.3, -0.25) is 23.9 Å². The number of benzene rings is 1. The fourth-order valence-electron chi connectivity index (χ4n) is 4.87. The fraction of sp³-hybridized carbons (Fsp3) is 0.333. The number of carbonyl (C=O) groups excluding carboxylic acids is 2. The fourth-order valence-corrected chi connectivity index (χ4v) is 4.87. The summed E-state index contributed by atoms with van der Waals surface area (Å²) >= 11 is 0. The molecular weight excluding hydrogens is 486 g/mol. The van der Waals surface area contributed by atoms with E-state index in [2.05, 4.69) is 20.4 Å². The molecule has 2 aliphatic rings. The van der Waals surface area contributed by atoms with Crippen LogP contribution in [0.4, 0.5) is 5.69 Å². The lowest BCUT2D eigenvalue weighted by Crippen LogP contribution is -2.50. The molecule has 6 rings (SSSR count). The predicted molar refractivity (Wildman–Crippen MR) is 139 cm³/mol. The Labute approximate surface area is 217 Å². The molecule has 1 saturated heterocycles. The van der Waals surface area contributed by atoms with Crippen LogP contribution in [-0.2, 0) is 11.3 Å². The first kappa shape index (κ1) is 24.0. The third kappa shape index (κ3) is 4.68. The van der Waals surface area contributed by atoms with Crippen LogP contribution in [-0.4, -0.2) is 64.8 Å². The van der Waals surface area contributed by atoms with Gasteiger partial charge in [0.05, 0.1) is 29.6 Å². The van der Waals surface area contributed by atoms with Gasteiger partial charge in [-0.2, -0.15) is 5.10 Å². The molecule has 2 N–H and O–H groups in total. The Kier molecular flexibility index (Phi) is 5.99. The second kappa shape index (κ2) is 9.49. The minimum absolute atomic E-state index is 0.0985. The van der Waals surface area contributed by atoms with Gasteiger partial charge in [0.1, 0.15) is 11.7 Å². The molecule has 194 valence electrons. The molecule has 1 aliphatic carbocycles. The first-order chi connectivity index (χ1) is 18.4. The van der Waals surface area contributed by atoms with Crippen molar-refractivity contribution in [2.75, 3.05) is 18.4 Å². The molecule has 1 aliphatic heterocycles. The smallest absolute Gasteiger partial charge is 0.264 e. The number of aliphatic hydroxyl groups is 1. The highest BCUT2D eigenvalue weighted by molar-refractivity contribution is 6.04. The summed E-state index contributed by atoms with van der Waals surface area (Å²) in [5.41, 5.74) is 0.607. The second-order valence-corrected chi connectivity index (χ2v) is 10.0. The molecule has 1 saturated carbocycles. The van der Waals surface area contributed by atoms with Gasteiger partial charge in [-0.15, -0.1) is 0 Å². The molecular formula is C27H27N7O4. The highest BCUT2D eigenvalue weighted by Crippen LogP contribution is 2.33. The Hall–Kier alpha value is -4.38. The van der Waals surface area contributed by atoms with Crippen LogP contribution in [0.5, 0.6) is 0 Å². The van der Waals surface area contributed by atoms with Crippen LogP contribution < -0.4 is 10.9 Å². The van der Waals surface area contributed by atoms with E-state index in [1.165, 1.54) is 28.0 Å². The van der Waals surface area contributed by atoms with E-state index in [9.17, 15) is 19.5 Å². The number of nitrogens with zero attached hydrogens (tertiary/aromatic N) is 6. The molecule has 0 unspecified atom stereocenters. The van der Waals surface area contributed by atoms with Crippen molar-refractivity contribution in [3.63, 3.8) is 0 Å². The molecule has 0 bridgehead atoms. The zero-order valence-corrected chi connectivity index (χ0v) is 20.7. The molecule has 0 atom stereocenters. The van der Waals surface area contributed by atoms with E-state index in [4.69, 9.17) is 0 Å². The van der Waals surface area contributed by atoms with Crippen LogP contribution in [0.1, 0.15) is 36.0 Å². The molecule has 2 amide bonds. The average molecular weight is 514 g/mol. The standard InChI is InChI=1S/C27H27N7O4/c35-24(19-3-2-10-28-14-19)31-20-4-1-5-21(13-20)34-23-22(15-30-34)26(37)33(17-29-23)16-27(38)8-11-32(12-9-27)25(36)18-6-7-18/h1-5,10,13-15,17-18,38H,6-9,11-12,16H2,(H,31,35). The summed E-state index contributed by atoms with van der Waals surface area (Å²) in [5, 5.41) is 18.7. The molecule has 4 heterocycles. The number of rotatable bonds is 6. The largest absolute Gasteiger partial charge is 0.388 e. The van der Waals surface area contributed by atoms with E-state index in [1.807, 2.05) is 4.90 Å². The number of pyridine rings is 1. The lowest BCUT2D eigenvalue weighted by molar-refractivity contribution is -0.137. The number of fused-ring (bicyclic) bond motifs is 1. The number of amides is 2. The maximum absolute atomic E-state index is 13.3. The molecule has 38 heavy (non-hydrogen) atoms. The van der Waals surface area contributed by atoms with Gasteiger partial charge < -0.3 is 15.3 Å². The predicted octanol–water partition coefficient (Wildman–Crippen LogP) is 1.99. The zero-order chi connectivity index (χ0) is 26.3. The van der Waals surface area contributed by atoms with Gasteiger partial charge in [-0.05, 0) is 56.0 Å². The van der Waals surface area contributed by atoms with Crippen molar-refractivity contribution in [1.82, 2.24) is 29.2 Å². The first-order valence-electron chi connectivity index (χ1n) is 12.7. The summed E-state index contributed by atoms with van der Waals surface area (Å²) in [6.07, 6.45) is 8.71. The van der Waals surface area contributed by atoms with E-state index in [-0.39, 0.29) is 29.8 Å². The highest BCUT2D eigenvalue weighted by Gasteiger charge is 2.39. The topological polar surface area (TPSA) is 135 Å². The number of hydrogen-bond acceptors (Lipinski definition) is 7. The van der Waals surface area contributed by atoms with Crippen LogP contribution in [0.25, 0.3) is 16.7 Å². The lowest BCUT2D eigenvalue weighted by atomic mass is 9.91. The van der Waals surface area contributed by atoms with Gasteiger partial charge in [-0.25, -0.2) is 9.67 Å². The van der Waals surface area contributed by atoms with Crippen molar-refractivity contribution in [1.29, 1.82) is 0 Å². The quantitative estimate of drug-likeness (QED) is 0.403. The van der Waals surface area contributed by atoms with Crippen LogP contribution in [0.2, 0.25) is 0 Å². The summed E-state index contributed by atoms with van der Waals surface area (Å²) in [6.45, 7) is 1.07. The highest BCUT2D eigenvalue weighted by atomic mass is 16.3. The third-order valence-electron chi connectivity index (χ3n) is 7.22. The van der Waals surface area contributed by atoms with Gasteiger partial charge in [0, 0.05) is 37.1 Å². The van der Waals surface area contributed by atoms with E-state index >= 15 is 0 Å². The zero-order valence-electron chi connectivity index (χ0n) is 20.7. The molecule has 0 spiro atoms. The number of likely N-dealkylation sites (tertiary alicyclic amines) is 1. The van der Waals surface area contributed by atoms with Crippen molar-refractivity contribution in [2.24, 2.45) is 5.92 Å². The maximum Gasteiger partial charge on any atom is 0.264 e. The monoisotopic (exact) mass is 513 g/mol. The third-order valence-corrected chi connectivity index (χ3v) is 7.22. The Balaban J connectivity index is 1.20. The van der Waals surface area contributed by atoms with Gasteiger partial charge >= 0.3 is 0 Å². The molecule has 3 aromatic heterocycles. The summed E-state index contributed by atoms with van der Waals surface area (Å²) in [6, 6.07) is 10.5. The van der Waals surface area contributed by atoms with Crippen molar-refractivity contribution in [3.05, 3.63) is 77.2 Å². The van der Waals surface area contributed by atoms with E-state index < -0.39 is 5.60 Å². The number of nitrogens with one attached hydrogen (secondary N) is 1. The molecule has 0 radical (unpaired) electrons. The minimum atomic E-state index is -1.09. The Bertz CT molecular complexity index is 1570. The van der Waals surface area contributed by atoms with Crippen molar-refractivity contribution in [2.45, 2.75) is 37.8 Å². The van der Waals surface area contributed by atoms with Gasteiger partial charge in [0.15, 0.2) is 5.65 Å². The van der Waals surface area contributed by atoms with E-state index in [1.54, 1.807) is 42.6 Å². The molecule has 2 fully saturated rings. The average Bonchev–Trinajstić information content (AvgIpc) is 3.69. The van der Waals surface area contributed by atoms with Crippen molar-refractivity contribution in [3.8, 4) is 5.69 Å². The van der Waals surface area contributed by atoms with Gasteiger partial charge in [0.25, 0.3) is 11.5 Å². The van der Waals surface area contributed by atoms with Gasteiger partial charge in [-0.1, -0.05) is 6.07 Å². The summed E-state index contributed by atoms with van der Waals surface area (Å²) < 4.78 is 2.95. The van der Waals surface area contributed by atoms with E-state index in [0.29, 0.717) is 53.9 Å². The van der Waals surface area contributed by atoms with E-state index in [0.717, 1.165) is 12.8 Å². The summed E-state index contributed by atoms with van der Waals surface area (Å²) in [4.78, 5) is 48.4. The molecule has 11 nitrogen and oxygen atoms in total. The van der Waals surface area contributed by atoms with Crippen molar-refractivity contribution < 1.29 is 14.7 Å². The molecule has 4 aromatic rings. The second-order valence-electron chi connectivity index (χ2n) is 10.0. The Morgan fingerprint density at radius 1 is 1.11 bits per heavy atom. The van der Waals surface area contributed by atoms with Crippen LogP contribution >= 0.6 is 0 Å². The summed E-state index contributed by atoms with van der Waals surface area (Å²) in [7, 11) is 0. The van der Waals surface area contributed by atoms with Crippen molar-refractivity contribution >= 4 is 28.5 Å². The number of aromatic nitrogens is 5. The maximum atomic E-state index is 13.3. The Morgan fingerprint density at radius 3 is 2.66 bits per heavy atom. The number of piperidine rings is 1. The number of anilines is 1. The van der Waals surface area contributed by atoms with Crippen LogP contribution in [0.15, 0.2) is 66.1 Å². The molecule has 11 heteroatoms. The van der Waals surface area contributed by atoms with Crippen LogP contribution in [0.3, 0.4) is 0 Å². The number of carbonyl (C=O) groups is 2. The number of hydrogen-bond donors (Lipinski definition) is 2. The molecule has 1 aromatic carbocycles. The minimum Gasteiger partial charge on any atom is -0.388 e. The normalized spacial score (nSPS) is 16.9. The lowest BCUT2D eigenvalue weighted by Gasteiger charge is -2.38. The first-order valence-corrected chi connectivity index (χ1v) is 12.7. The SMILES string of the molecule is O=C(Nc1cccc(-n2ncc3c(=O)n(CC4(O)CCN(C(=O)C5CC5)CC4)cnc32)c1)c1cccnc1. The van der Waals surface area contributed by atoms with Crippen LogP contribution in [0, 0.1) is 5.92 Å². The summed E-state index contributed by atoms with van der Waals surface area (Å²) in [5.74, 6) is 0.0489. The Morgan fingerprint density at radius 2 is 1.92 bits per heavy atom. The van der Waals surface area contributed by atoms with Gasteiger partial charge in [0.2, 0.25) is 5.91 Å².